The second kappa shape index (κ2) is 7.73. The van der Waals surface area contributed by atoms with Crippen LogP contribution in [0.1, 0.15) is 23.7 Å². The van der Waals surface area contributed by atoms with Crippen molar-refractivity contribution in [2.45, 2.75) is 19.4 Å². The fourth-order valence-corrected chi connectivity index (χ4v) is 3.18. The highest BCUT2D eigenvalue weighted by Gasteiger charge is 2.41. The fraction of sp³-hybridized carbons (Fsp3) is 0.211. The van der Waals surface area contributed by atoms with Crippen LogP contribution in [0.5, 0.6) is 11.5 Å². The molecule has 0 aromatic heterocycles. The topological polar surface area (TPSA) is 102 Å². The molecule has 4 N–H and O–H groups in total. The van der Waals surface area contributed by atoms with Crippen LogP contribution in [0, 0.1) is 5.92 Å². The highest BCUT2D eigenvalue weighted by molar-refractivity contribution is 7.80. The molecular weight excluding hydrogens is 366 g/mol. The predicted molar refractivity (Wildman–Crippen MR) is 104 cm³/mol. The molecule has 2 aromatic carbocycles. The maximum absolute atomic E-state index is 12.7. The fourth-order valence-electron chi connectivity index (χ4n) is 2.92. The first-order valence-electron chi connectivity index (χ1n) is 8.38. The lowest BCUT2D eigenvalue weighted by Crippen LogP contribution is -2.44. The predicted octanol–water partition coefficient (Wildman–Crippen LogP) is 2.42. The molecule has 1 aliphatic heterocycles. The quantitative estimate of drug-likeness (QED) is 0.364. The minimum Gasteiger partial charge on any atom is -0.508 e. The van der Waals surface area contributed by atoms with Gasteiger partial charge in [0.25, 0.3) is 0 Å². The summed E-state index contributed by atoms with van der Waals surface area (Å²) in [6, 6.07) is 12.6. The summed E-state index contributed by atoms with van der Waals surface area (Å²) in [7, 11) is 0. The van der Waals surface area contributed by atoms with Gasteiger partial charge in [-0.1, -0.05) is 18.2 Å². The average Bonchev–Trinajstić information content (AvgIpc) is 2.92. The van der Waals surface area contributed by atoms with E-state index in [4.69, 9.17) is 12.2 Å². The monoisotopic (exact) mass is 385 g/mol. The van der Waals surface area contributed by atoms with E-state index in [1.165, 1.54) is 23.2 Å². The van der Waals surface area contributed by atoms with Crippen LogP contribution in [-0.4, -0.2) is 38.1 Å². The van der Waals surface area contributed by atoms with Gasteiger partial charge in [-0.2, -0.15) is 0 Å². The molecule has 0 saturated carbocycles. The van der Waals surface area contributed by atoms with Crippen molar-refractivity contribution in [3.05, 3.63) is 54.1 Å². The summed E-state index contributed by atoms with van der Waals surface area (Å²) in [6.07, 6.45) is -0.117. The zero-order valence-corrected chi connectivity index (χ0v) is 15.4. The number of thiocarbonyl (C=S) groups is 1. The molecule has 8 heteroatoms. The maximum atomic E-state index is 12.7. The van der Waals surface area contributed by atoms with E-state index in [-0.39, 0.29) is 40.5 Å². The Morgan fingerprint density at radius 1 is 1.22 bits per heavy atom. The zero-order chi connectivity index (χ0) is 19.6. The van der Waals surface area contributed by atoms with E-state index >= 15 is 0 Å². The molecule has 7 nitrogen and oxygen atoms in total. The first-order valence-corrected chi connectivity index (χ1v) is 8.79. The zero-order valence-electron chi connectivity index (χ0n) is 14.5. The van der Waals surface area contributed by atoms with Crippen molar-refractivity contribution < 1.29 is 19.8 Å². The van der Waals surface area contributed by atoms with Crippen molar-refractivity contribution in [3.8, 4) is 11.5 Å². The van der Waals surface area contributed by atoms with Gasteiger partial charge in [-0.3, -0.25) is 9.59 Å². The van der Waals surface area contributed by atoms with Crippen molar-refractivity contribution in [3.63, 3.8) is 0 Å². The first-order chi connectivity index (χ1) is 12.9. The number of carbonyl (C=O) groups excluding carboxylic acids is 2. The summed E-state index contributed by atoms with van der Waals surface area (Å²) in [4.78, 5) is 25.3. The molecule has 140 valence electrons. The highest BCUT2D eigenvalue weighted by Crippen LogP contribution is 2.27. The third kappa shape index (κ3) is 4.07. The van der Waals surface area contributed by atoms with Crippen LogP contribution in [0.25, 0.3) is 0 Å². The summed E-state index contributed by atoms with van der Waals surface area (Å²) >= 11 is 5.30. The third-order valence-corrected chi connectivity index (χ3v) is 4.67. The molecule has 0 radical (unpaired) electrons. The summed E-state index contributed by atoms with van der Waals surface area (Å²) in [5.41, 5.74) is 3.70. The molecule has 1 fully saturated rings. The van der Waals surface area contributed by atoms with E-state index in [1.807, 2.05) is 30.3 Å². The number of phenolic OH excluding ortho intramolecular Hbond substituents is 2. The summed E-state index contributed by atoms with van der Waals surface area (Å²) in [5, 5.41) is 23.8. The Morgan fingerprint density at radius 3 is 2.63 bits per heavy atom. The number of hydrogen-bond acceptors (Lipinski definition) is 6. The Morgan fingerprint density at radius 2 is 1.93 bits per heavy atom. The lowest BCUT2D eigenvalue weighted by Gasteiger charge is -2.18. The van der Waals surface area contributed by atoms with Crippen molar-refractivity contribution in [2.75, 3.05) is 5.32 Å². The Labute approximate surface area is 161 Å². The van der Waals surface area contributed by atoms with Gasteiger partial charge in [0, 0.05) is 18.2 Å². The number of anilines is 1. The number of benzene rings is 2. The normalized spacial score (nSPS) is 19.1. The molecule has 3 rings (SSSR count). The van der Waals surface area contributed by atoms with E-state index in [1.54, 1.807) is 6.92 Å². The summed E-state index contributed by atoms with van der Waals surface area (Å²) in [6.45, 7) is 1.78. The largest absolute Gasteiger partial charge is 0.508 e. The van der Waals surface area contributed by atoms with E-state index in [9.17, 15) is 19.8 Å². The number of Topliss-reactive ketones (excluding diaryl/α,β-unsaturated/α-hetero) is 1. The minimum atomic E-state index is -0.644. The third-order valence-electron chi connectivity index (χ3n) is 4.39. The van der Waals surface area contributed by atoms with Crippen LogP contribution in [-0.2, 0) is 4.79 Å². The van der Waals surface area contributed by atoms with Crippen molar-refractivity contribution in [1.29, 1.82) is 0 Å². The number of rotatable bonds is 4. The second-order valence-corrected chi connectivity index (χ2v) is 6.71. The molecule has 0 spiro atoms. The molecular formula is C19H19N3O4S. The Bertz CT molecular complexity index is 888. The minimum absolute atomic E-state index is 0.0153. The van der Waals surface area contributed by atoms with Gasteiger partial charge >= 0.3 is 0 Å². The van der Waals surface area contributed by atoms with Crippen LogP contribution < -0.4 is 10.7 Å². The number of phenols is 2. The van der Waals surface area contributed by atoms with Gasteiger partial charge in [0.05, 0.1) is 11.5 Å². The van der Waals surface area contributed by atoms with Crippen LogP contribution in [0.2, 0.25) is 0 Å². The Hall–Kier alpha value is -2.97. The average molecular weight is 385 g/mol. The van der Waals surface area contributed by atoms with Gasteiger partial charge in [-0.25, -0.2) is 10.4 Å². The number of para-hydroxylation sites is 1. The van der Waals surface area contributed by atoms with E-state index in [0.29, 0.717) is 0 Å². The summed E-state index contributed by atoms with van der Waals surface area (Å²) in [5.74, 6) is -1.77. The molecule has 2 unspecified atom stereocenters. The molecule has 2 aromatic rings. The maximum Gasteiger partial charge on any atom is 0.248 e. The number of carbonyl (C=O) groups is 2. The number of hydrogen-bond donors (Lipinski definition) is 4. The smallest absolute Gasteiger partial charge is 0.248 e. The van der Waals surface area contributed by atoms with E-state index < -0.39 is 11.7 Å². The van der Waals surface area contributed by atoms with Crippen molar-refractivity contribution in [2.24, 2.45) is 5.92 Å². The SMILES string of the molecule is CC1NN(C(=S)Nc2ccccc2)C(=O)C1CC(=O)c1cc(O)ccc1O. The lowest BCUT2D eigenvalue weighted by atomic mass is 9.93. The number of nitrogens with one attached hydrogen (secondary N) is 2. The second-order valence-electron chi connectivity index (χ2n) is 6.32. The molecule has 0 bridgehead atoms. The molecule has 1 amide bonds. The summed E-state index contributed by atoms with van der Waals surface area (Å²) < 4.78 is 0. The number of nitrogens with zero attached hydrogens (tertiary/aromatic N) is 1. The van der Waals surface area contributed by atoms with Gasteiger partial charge in [0.1, 0.15) is 11.5 Å². The molecule has 0 aliphatic carbocycles. The molecule has 1 heterocycles. The van der Waals surface area contributed by atoms with Gasteiger partial charge in [-0.15, -0.1) is 0 Å². The van der Waals surface area contributed by atoms with Gasteiger partial charge < -0.3 is 15.5 Å². The highest BCUT2D eigenvalue weighted by atomic mass is 32.1. The Balaban J connectivity index is 1.70. The van der Waals surface area contributed by atoms with E-state index in [2.05, 4.69) is 10.7 Å². The number of ketones is 1. The van der Waals surface area contributed by atoms with E-state index in [0.717, 1.165) is 5.69 Å². The molecule has 2 atom stereocenters. The van der Waals surface area contributed by atoms with Crippen LogP contribution in [0.15, 0.2) is 48.5 Å². The van der Waals surface area contributed by atoms with Crippen molar-refractivity contribution >= 4 is 34.7 Å². The molecule has 27 heavy (non-hydrogen) atoms. The number of hydrazine groups is 1. The van der Waals surface area contributed by atoms with Gasteiger partial charge in [-0.05, 0) is 49.5 Å². The van der Waals surface area contributed by atoms with Crippen LogP contribution >= 0.6 is 12.2 Å². The van der Waals surface area contributed by atoms with Gasteiger partial charge in [0.15, 0.2) is 10.9 Å². The standard InChI is InChI=1S/C19H19N3O4S/c1-11-14(10-17(25)15-9-13(23)7-8-16(15)24)18(26)22(21-11)19(27)20-12-5-3-2-4-6-12/h2-9,11,14,21,23-24H,10H2,1H3,(H,20,27). The number of aromatic hydroxyl groups is 2. The van der Waals surface area contributed by atoms with Crippen LogP contribution in [0.3, 0.4) is 0 Å². The molecule has 1 aliphatic rings. The lowest BCUT2D eigenvalue weighted by molar-refractivity contribution is -0.128. The Kier molecular flexibility index (Phi) is 5.38. The molecule has 1 saturated heterocycles. The number of amides is 1. The van der Waals surface area contributed by atoms with Crippen molar-refractivity contribution in [1.82, 2.24) is 10.4 Å². The van der Waals surface area contributed by atoms with Crippen LogP contribution in [0.4, 0.5) is 5.69 Å². The first kappa shape index (κ1) is 18.8. The van der Waals surface area contributed by atoms with Gasteiger partial charge in [0.2, 0.25) is 5.91 Å².